The van der Waals surface area contributed by atoms with E-state index in [1.807, 2.05) is 4.90 Å². The summed E-state index contributed by atoms with van der Waals surface area (Å²) in [5, 5.41) is -0.159. The van der Waals surface area contributed by atoms with Crippen molar-refractivity contribution in [2.75, 3.05) is 19.4 Å². The van der Waals surface area contributed by atoms with Gasteiger partial charge in [-0.25, -0.2) is 8.42 Å². The van der Waals surface area contributed by atoms with E-state index in [4.69, 9.17) is 4.74 Å². The van der Waals surface area contributed by atoms with E-state index in [-0.39, 0.29) is 28.9 Å². The van der Waals surface area contributed by atoms with Gasteiger partial charge < -0.3 is 9.64 Å². The standard InChI is InChI=1S/C12H19N3O4S2/c1-3-9-6-4-5-7-15(9)10(16)8-19-12-13-11(14-20-12)21(2,17)18/h9H,3-8H2,1-2H3. The Balaban J connectivity index is 1.93. The maximum absolute atomic E-state index is 12.2. The lowest BCUT2D eigenvalue weighted by Crippen LogP contribution is -2.45. The minimum Gasteiger partial charge on any atom is -0.459 e. The number of carbonyl (C=O) groups is 1. The molecule has 7 nitrogen and oxygen atoms in total. The number of likely N-dealkylation sites (tertiary alicyclic amines) is 1. The molecular formula is C12H19N3O4S2. The number of amides is 1. The molecule has 0 spiro atoms. The Morgan fingerprint density at radius 2 is 2.24 bits per heavy atom. The number of hydrogen-bond donors (Lipinski definition) is 0. The first-order chi connectivity index (χ1) is 9.91. The van der Waals surface area contributed by atoms with Crippen molar-refractivity contribution in [3.05, 3.63) is 0 Å². The molecule has 1 atom stereocenters. The highest BCUT2D eigenvalue weighted by Gasteiger charge is 2.26. The molecule has 0 N–H and O–H groups in total. The molecule has 1 aliphatic rings. The van der Waals surface area contributed by atoms with Crippen LogP contribution in [0.25, 0.3) is 0 Å². The Labute approximate surface area is 128 Å². The molecule has 0 aliphatic carbocycles. The predicted molar refractivity (Wildman–Crippen MR) is 78.2 cm³/mol. The summed E-state index contributed by atoms with van der Waals surface area (Å²) in [7, 11) is -3.44. The highest BCUT2D eigenvalue weighted by molar-refractivity contribution is 7.90. The third-order valence-electron chi connectivity index (χ3n) is 3.46. The zero-order valence-electron chi connectivity index (χ0n) is 12.1. The van der Waals surface area contributed by atoms with Gasteiger partial charge in [0.05, 0.1) is 0 Å². The van der Waals surface area contributed by atoms with Crippen LogP contribution < -0.4 is 4.74 Å². The molecule has 1 aliphatic heterocycles. The Morgan fingerprint density at radius 1 is 1.48 bits per heavy atom. The van der Waals surface area contributed by atoms with Crippen LogP contribution in [0.15, 0.2) is 5.16 Å². The van der Waals surface area contributed by atoms with E-state index in [2.05, 4.69) is 16.3 Å². The molecular weight excluding hydrogens is 314 g/mol. The van der Waals surface area contributed by atoms with Crippen LogP contribution in [0.5, 0.6) is 5.19 Å². The minimum atomic E-state index is -3.44. The van der Waals surface area contributed by atoms with E-state index in [1.54, 1.807) is 0 Å². The Bertz CT molecular complexity index is 599. The number of rotatable bonds is 5. The molecule has 2 rings (SSSR count). The van der Waals surface area contributed by atoms with Gasteiger partial charge in [0, 0.05) is 30.4 Å². The van der Waals surface area contributed by atoms with Gasteiger partial charge in [-0.05, 0) is 25.7 Å². The van der Waals surface area contributed by atoms with Crippen LogP contribution in [0.3, 0.4) is 0 Å². The van der Waals surface area contributed by atoms with E-state index in [9.17, 15) is 13.2 Å². The Hall–Kier alpha value is -1.22. The van der Waals surface area contributed by atoms with Gasteiger partial charge >= 0.3 is 0 Å². The zero-order chi connectivity index (χ0) is 15.5. The number of sulfone groups is 1. The number of ether oxygens (including phenoxy) is 1. The first kappa shape index (κ1) is 16.2. The van der Waals surface area contributed by atoms with Crippen molar-refractivity contribution in [3.63, 3.8) is 0 Å². The van der Waals surface area contributed by atoms with Crippen molar-refractivity contribution in [2.45, 2.75) is 43.8 Å². The lowest BCUT2D eigenvalue weighted by atomic mass is 10.00. The summed E-state index contributed by atoms with van der Waals surface area (Å²) >= 11 is 0.838. The predicted octanol–water partition coefficient (Wildman–Crippen LogP) is 1.11. The third-order valence-corrected chi connectivity index (χ3v) is 5.05. The summed E-state index contributed by atoms with van der Waals surface area (Å²) in [5.74, 6) is -0.0855. The van der Waals surface area contributed by atoms with E-state index < -0.39 is 9.84 Å². The summed E-state index contributed by atoms with van der Waals surface area (Å²) < 4.78 is 31.5. The lowest BCUT2D eigenvalue weighted by molar-refractivity contribution is -0.137. The van der Waals surface area contributed by atoms with E-state index in [1.165, 1.54) is 0 Å². The van der Waals surface area contributed by atoms with Gasteiger partial charge in [-0.1, -0.05) is 6.92 Å². The largest absolute Gasteiger partial charge is 0.459 e. The fraction of sp³-hybridized carbons (Fsp3) is 0.750. The summed E-state index contributed by atoms with van der Waals surface area (Å²) in [6, 6.07) is 0.274. The zero-order valence-corrected chi connectivity index (χ0v) is 13.7. The molecule has 1 aromatic heterocycles. The highest BCUT2D eigenvalue weighted by Crippen LogP contribution is 2.21. The summed E-state index contributed by atoms with van der Waals surface area (Å²) in [5.41, 5.74) is 0. The van der Waals surface area contributed by atoms with Gasteiger partial charge in [0.15, 0.2) is 6.61 Å². The Kier molecular flexibility index (Phi) is 5.15. The summed E-state index contributed by atoms with van der Waals surface area (Å²) in [6.45, 7) is 2.69. The molecule has 9 heteroatoms. The minimum absolute atomic E-state index is 0.0855. The molecule has 1 amide bonds. The number of nitrogens with zero attached hydrogens (tertiary/aromatic N) is 3. The van der Waals surface area contributed by atoms with Gasteiger partial charge in [0.2, 0.25) is 9.84 Å². The van der Waals surface area contributed by atoms with Crippen molar-refractivity contribution in [2.24, 2.45) is 0 Å². The molecule has 1 aromatic rings. The highest BCUT2D eigenvalue weighted by atomic mass is 32.2. The SMILES string of the molecule is CCC1CCCCN1C(=O)COc1nc(S(C)(=O)=O)ns1. The fourth-order valence-electron chi connectivity index (χ4n) is 2.37. The second kappa shape index (κ2) is 6.69. The van der Waals surface area contributed by atoms with Crippen LogP contribution in [-0.4, -0.2) is 54.0 Å². The topological polar surface area (TPSA) is 89.5 Å². The van der Waals surface area contributed by atoms with Crippen LogP contribution in [0, 0.1) is 0 Å². The number of aromatic nitrogens is 2. The van der Waals surface area contributed by atoms with Gasteiger partial charge in [-0.3, -0.25) is 4.79 Å². The first-order valence-electron chi connectivity index (χ1n) is 6.88. The summed E-state index contributed by atoms with van der Waals surface area (Å²) in [6.07, 6.45) is 5.15. The molecule has 0 bridgehead atoms. The second-order valence-electron chi connectivity index (χ2n) is 5.05. The van der Waals surface area contributed by atoms with Crippen molar-refractivity contribution < 1.29 is 17.9 Å². The molecule has 1 fully saturated rings. The molecule has 1 saturated heterocycles. The van der Waals surface area contributed by atoms with Crippen LogP contribution >= 0.6 is 11.5 Å². The van der Waals surface area contributed by atoms with Gasteiger partial charge in [-0.2, -0.15) is 9.36 Å². The molecule has 0 radical (unpaired) electrons. The van der Waals surface area contributed by atoms with Gasteiger partial charge in [0.25, 0.3) is 16.3 Å². The van der Waals surface area contributed by atoms with Crippen LogP contribution in [0.1, 0.15) is 32.6 Å². The van der Waals surface area contributed by atoms with Crippen molar-refractivity contribution in [1.29, 1.82) is 0 Å². The number of carbonyl (C=O) groups excluding carboxylic acids is 1. The van der Waals surface area contributed by atoms with Gasteiger partial charge in [0.1, 0.15) is 0 Å². The number of hydrogen-bond acceptors (Lipinski definition) is 7. The van der Waals surface area contributed by atoms with Crippen LogP contribution in [0.4, 0.5) is 0 Å². The maximum Gasteiger partial charge on any atom is 0.294 e. The van der Waals surface area contributed by atoms with Crippen molar-refractivity contribution in [3.8, 4) is 5.19 Å². The normalized spacial score (nSPS) is 19.5. The maximum atomic E-state index is 12.2. The second-order valence-corrected chi connectivity index (χ2v) is 7.67. The first-order valence-corrected chi connectivity index (χ1v) is 9.54. The molecule has 0 aromatic carbocycles. The molecule has 21 heavy (non-hydrogen) atoms. The Morgan fingerprint density at radius 3 is 2.86 bits per heavy atom. The molecule has 2 heterocycles. The van der Waals surface area contributed by atoms with E-state index >= 15 is 0 Å². The smallest absolute Gasteiger partial charge is 0.294 e. The van der Waals surface area contributed by atoms with E-state index in [0.717, 1.165) is 50.0 Å². The van der Waals surface area contributed by atoms with E-state index in [0.29, 0.717) is 0 Å². The van der Waals surface area contributed by atoms with Gasteiger partial charge in [-0.15, -0.1) is 0 Å². The van der Waals surface area contributed by atoms with Crippen molar-refractivity contribution >= 4 is 27.3 Å². The fourth-order valence-corrected chi connectivity index (χ4v) is 3.76. The molecule has 118 valence electrons. The monoisotopic (exact) mass is 333 g/mol. The summed E-state index contributed by atoms with van der Waals surface area (Å²) in [4.78, 5) is 17.8. The molecule has 0 saturated carbocycles. The number of piperidine rings is 1. The van der Waals surface area contributed by atoms with Crippen LogP contribution in [0.2, 0.25) is 0 Å². The van der Waals surface area contributed by atoms with Crippen molar-refractivity contribution in [1.82, 2.24) is 14.3 Å². The average Bonchev–Trinajstić information content (AvgIpc) is 2.93. The lowest BCUT2D eigenvalue weighted by Gasteiger charge is -2.35. The average molecular weight is 333 g/mol. The molecule has 1 unspecified atom stereocenters. The third kappa shape index (κ3) is 4.13. The quantitative estimate of drug-likeness (QED) is 0.802. The van der Waals surface area contributed by atoms with Crippen LogP contribution in [-0.2, 0) is 14.6 Å².